The first-order valence-corrected chi connectivity index (χ1v) is 12.2. The third-order valence-corrected chi connectivity index (χ3v) is 6.57. The van der Waals surface area contributed by atoms with Crippen molar-refractivity contribution in [3.05, 3.63) is 88.6 Å². The fourth-order valence-corrected chi connectivity index (χ4v) is 4.69. The highest BCUT2D eigenvalue weighted by Crippen LogP contribution is 2.31. The molecule has 0 bridgehead atoms. The molecule has 4 aromatic rings. The monoisotopic (exact) mass is 518 g/mol. The zero-order valence-corrected chi connectivity index (χ0v) is 20.9. The van der Waals surface area contributed by atoms with E-state index in [2.05, 4.69) is 14.7 Å². The Morgan fingerprint density at radius 1 is 1.11 bits per heavy atom. The predicted octanol–water partition coefficient (Wildman–Crippen LogP) is 2.52. The van der Waals surface area contributed by atoms with Crippen LogP contribution in [0.4, 0.5) is 5.69 Å². The van der Waals surface area contributed by atoms with Crippen LogP contribution in [0.2, 0.25) is 0 Å². The van der Waals surface area contributed by atoms with Crippen molar-refractivity contribution in [3.8, 4) is 0 Å². The molecule has 0 aliphatic carbocycles. The zero-order chi connectivity index (χ0) is 26.4. The highest BCUT2D eigenvalue weighted by atomic mass is 32.1. The van der Waals surface area contributed by atoms with Gasteiger partial charge in [0.25, 0.3) is 11.8 Å². The number of amides is 3. The van der Waals surface area contributed by atoms with Crippen molar-refractivity contribution in [2.45, 2.75) is 12.6 Å². The molecule has 3 amide bonds. The Morgan fingerprint density at radius 2 is 1.89 bits per heavy atom. The third kappa shape index (κ3) is 5.74. The SMILES string of the molecule is COCCNC(=O)C(c1ccc2ncccc2c1)N(Cc1ccccc1)C(=O)c1snc(C(N)=O)c1N. The second kappa shape index (κ2) is 11.6. The largest absolute Gasteiger partial charge is 0.395 e. The van der Waals surface area contributed by atoms with Gasteiger partial charge in [-0.1, -0.05) is 42.5 Å². The van der Waals surface area contributed by atoms with E-state index in [0.29, 0.717) is 12.2 Å². The Bertz CT molecular complexity index is 1430. The second-order valence-corrected chi connectivity index (χ2v) is 8.97. The number of primary amides is 1. The van der Waals surface area contributed by atoms with Crippen molar-refractivity contribution in [1.82, 2.24) is 19.6 Å². The molecule has 10 nitrogen and oxygen atoms in total. The van der Waals surface area contributed by atoms with Crippen LogP contribution in [0.15, 0.2) is 66.9 Å². The molecule has 0 spiro atoms. The zero-order valence-electron chi connectivity index (χ0n) is 20.1. The Hall–Kier alpha value is -4.35. The van der Waals surface area contributed by atoms with Crippen LogP contribution in [-0.4, -0.2) is 52.2 Å². The lowest BCUT2D eigenvalue weighted by Crippen LogP contribution is -2.44. The van der Waals surface area contributed by atoms with Gasteiger partial charge in [0.15, 0.2) is 5.69 Å². The molecule has 190 valence electrons. The molecule has 2 aromatic heterocycles. The van der Waals surface area contributed by atoms with E-state index < -0.39 is 23.8 Å². The number of hydrogen-bond acceptors (Lipinski definition) is 8. The van der Waals surface area contributed by atoms with Gasteiger partial charge in [-0.15, -0.1) is 0 Å². The summed E-state index contributed by atoms with van der Waals surface area (Å²) in [6.45, 7) is 0.649. The van der Waals surface area contributed by atoms with E-state index in [-0.39, 0.29) is 29.3 Å². The summed E-state index contributed by atoms with van der Waals surface area (Å²) in [5.74, 6) is -1.79. The number of hydrogen-bond donors (Lipinski definition) is 3. The van der Waals surface area contributed by atoms with Gasteiger partial charge < -0.3 is 26.4 Å². The molecule has 11 heteroatoms. The van der Waals surface area contributed by atoms with Crippen LogP contribution < -0.4 is 16.8 Å². The van der Waals surface area contributed by atoms with E-state index >= 15 is 0 Å². The molecule has 0 aliphatic heterocycles. The summed E-state index contributed by atoms with van der Waals surface area (Å²) in [5, 5.41) is 3.66. The molecule has 2 heterocycles. The summed E-state index contributed by atoms with van der Waals surface area (Å²) in [5.41, 5.74) is 13.3. The minimum absolute atomic E-state index is 0.0295. The summed E-state index contributed by atoms with van der Waals surface area (Å²) in [6, 6.07) is 17.3. The number of rotatable bonds is 10. The Kier molecular flexibility index (Phi) is 8.06. The summed E-state index contributed by atoms with van der Waals surface area (Å²) in [4.78, 5) is 45.1. The lowest BCUT2D eigenvalue weighted by atomic mass is 10.00. The maximum atomic E-state index is 14.0. The molecule has 0 saturated carbocycles. The Labute approximate surface area is 217 Å². The first-order chi connectivity index (χ1) is 17.9. The topological polar surface area (TPSA) is 154 Å². The normalized spacial score (nSPS) is 11.7. The number of anilines is 1. The number of fused-ring (bicyclic) bond motifs is 1. The number of nitrogens with one attached hydrogen (secondary N) is 1. The standard InChI is InChI=1S/C26H26N6O4S/c1-36-13-12-30-25(34)22(18-9-10-19-17(14-18)8-5-11-29-19)32(15-16-6-3-2-4-7-16)26(35)23-20(27)21(24(28)33)31-37-23/h2-11,14,22H,12-13,15,27H2,1H3,(H2,28,33)(H,30,34). The molecule has 5 N–H and O–H groups in total. The van der Waals surface area contributed by atoms with Crippen molar-refractivity contribution < 1.29 is 19.1 Å². The molecule has 0 aliphatic rings. The first kappa shape index (κ1) is 25.7. The third-order valence-electron chi connectivity index (χ3n) is 5.72. The molecule has 37 heavy (non-hydrogen) atoms. The highest BCUT2D eigenvalue weighted by molar-refractivity contribution is 7.09. The van der Waals surface area contributed by atoms with Crippen molar-refractivity contribution in [3.63, 3.8) is 0 Å². The van der Waals surface area contributed by atoms with E-state index in [1.165, 1.54) is 12.0 Å². The number of methoxy groups -OCH3 is 1. The van der Waals surface area contributed by atoms with E-state index in [4.69, 9.17) is 16.2 Å². The van der Waals surface area contributed by atoms with Gasteiger partial charge in [0.1, 0.15) is 10.9 Å². The fraction of sp³-hybridized carbons (Fsp3) is 0.192. The molecule has 1 atom stereocenters. The number of aromatic nitrogens is 2. The quantitative estimate of drug-likeness (QED) is 0.273. The molecule has 1 unspecified atom stereocenters. The van der Waals surface area contributed by atoms with Crippen LogP contribution in [0.5, 0.6) is 0 Å². The summed E-state index contributed by atoms with van der Waals surface area (Å²) < 4.78 is 9.05. The van der Waals surface area contributed by atoms with Gasteiger partial charge in [0.05, 0.1) is 17.8 Å². The minimum Gasteiger partial charge on any atom is -0.395 e. The second-order valence-electron chi connectivity index (χ2n) is 8.20. The van der Waals surface area contributed by atoms with Gasteiger partial charge in [0, 0.05) is 31.8 Å². The van der Waals surface area contributed by atoms with Crippen LogP contribution in [0.1, 0.15) is 37.3 Å². The maximum absolute atomic E-state index is 14.0. The maximum Gasteiger partial charge on any atom is 0.270 e. The number of ether oxygens (including phenoxy) is 1. The molecule has 0 saturated heterocycles. The van der Waals surface area contributed by atoms with Gasteiger partial charge in [-0.05, 0) is 40.9 Å². The number of carbonyl (C=O) groups excluding carboxylic acids is 3. The number of carbonyl (C=O) groups is 3. The molecular formula is C26H26N6O4S. The van der Waals surface area contributed by atoms with Crippen LogP contribution in [0, 0.1) is 0 Å². The average molecular weight is 519 g/mol. The van der Waals surface area contributed by atoms with Gasteiger partial charge in [0.2, 0.25) is 5.91 Å². The van der Waals surface area contributed by atoms with Gasteiger partial charge in [-0.25, -0.2) is 0 Å². The van der Waals surface area contributed by atoms with Crippen molar-refractivity contribution in [2.24, 2.45) is 5.73 Å². The molecule has 0 radical (unpaired) electrons. The molecule has 4 rings (SSSR count). The van der Waals surface area contributed by atoms with Gasteiger partial charge >= 0.3 is 0 Å². The molecular weight excluding hydrogens is 492 g/mol. The molecule has 0 fully saturated rings. The number of pyridine rings is 1. The summed E-state index contributed by atoms with van der Waals surface area (Å²) in [6.07, 6.45) is 1.69. The van der Waals surface area contributed by atoms with Gasteiger partial charge in [-0.3, -0.25) is 19.4 Å². The predicted molar refractivity (Wildman–Crippen MR) is 141 cm³/mol. The van der Waals surface area contributed by atoms with Crippen LogP contribution >= 0.6 is 11.5 Å². The van der Waals surface area contributed by atoms with E-state index in [1.54, 1.807) is 24.4 Å². The lowest BCUT2D eigenvalue weighted by Gasteiger charge is -2.31. The Balaban J connectivity index is 1.83. The smallest absolute Gasteiger partial charge is 0.270 e. The first-order valence-electron chi connectivity index (χ1n) is 11.4. The lowest BCUT2D eigenvalue weighted by molar-refractivity contribution is -0.126. The molecule has 2 aromatic carbocycles. The number of nitrogens with zero attached hydrogens (tertiary/aromatic N) is 3. The average Bonchev–Trinajstić information content (AvgIpc) is 3.30. The van der Waals surface area contributed by atoms with E-state index in [0.717, 1.165) is 28.0 Å². The van der Waals surface area contributed by atoms with Crippen LogP contribution in [0.3, 0.4) is 0 Å². The minimum atomic E-state index is -1.03. The van der Waals surface area contributed by atoms with Crippen LogP contribution in [0.25, 0.3) is 10.9 Å². The summed E-state index contributed by atoms with van der Waals surface area (Å²) in [7, 11) is 1.54. The number of nitrogen functional groups attached to an aromatic ring is 1. The highest BCUT2D eigenvalue weighted by Gasteiger charge is 2.35. The van der Waals surface area contributed by atoms with Crippen molar-refractivity contribution >= 4 is 45.8 Å². The van der Waals surface area contributed by atoms with Crippen molar-refractivity contribution in [2.75, 3.05) is 26.0 Å². The summed E-state index contributed by atoms with van der Waals surface area (Å²) >= 11 is 0.771. The fourth-order valence-electron chi connectivity index (χ4n) is 3.93. The van der Waals surface area contributed by atoms with Gasteiger partial charge in [-0.2, -0.15) is 4.37 Å². The number of nitrogens with two attached hydrogens (primary N) is 2. The van der Waals surface area contributed by atoms with E-state index in [9.17, 15) is 14.4 Å². The van der Waals surface area contributed by atoms with E-state index in [1.807, 2.05) is 42.5 Å². The Morgan fingerprint density at radius 3 is 2.59 bits per heavy atom. The van der Waals surface area contributed by atoms with Crippen LogP contribution in [-0.2, 0) is 16.1 Å². The van der Waals surface area contributed by atoms with Crippen molar-refractivity contribution in [1.29, 1.82) is 0 Å². The number of benzene rings is 2.